The molecule has 0 bridgehead atoms. The monoisotopic (exact) mass is 377 g/mol. The van der Waals surface area contributed by atoms with Crippen LogP contribution < -0.4 is 10.0 Å². The summed E-state index contributed by atoms with van der Waals surface area (Å²) >= 11 is 0. The number of benzene rings is 1. The highest BCUT2D eigenvalue weighted by atomic mass is 32.2. The maximum atomic E-state index is 12.5. The summed E-state index contributed by atoms with van der Waals surface area (Å²) in [7, 11) is -1.49. The molecule has 9 heteroatoms. The average molecular weight is 377 g/mol. The molecule has 1 unspecified atom stereocenters. The van der Waals surface area contributed by atoms with Crippen molar-refractivity contribution in [2.24, 2.45) is 0 Å². The van der Waals surface area contributed by atoms with Crippen LogP contribution in [-0.2, 0) is 10.0 Å². The van der Waals surface area contributed by atoms with Gasteiger partial charge in [0.2, 0.25) is 10.0 Å². The zero-order valence-electron chi connectivity index (χ0n) is 14.9. The van der Waals surface area contributed by atoms with E-state index in [1.165, 1.54) is 0 Å². The topological polar surface area (TPSA) is 100 Å². The highest BCUT2D eigenvalue weighted by molar-refractivity contribution is 7.89. The summed E-state index contributed by atoms with van der Waals surface area (Å²) in [5, 5.41) is 7.45. The SMILES string of the molecule is Cc1ccc(S(=O)(=O)NC2CC2)cc1-c1nc(C2CNCCN2C)no1. The number of piperazine rings is 1. The molecule has 0 amide bonds. The largest absolute Gasteiger partial charge is 0.334 e. The zero-order chi connectivity index (χ0) is 18.3. The first-order valence-electron chi connectivity index (χ1n) is 8.82. The Kier molecular flexibility index (Phi) is 4.55. The molecule has 0 spiro atoms. The van der Waals surface area contributed by atoms with Crippen LogP contribution in [0.3, 0.4) is 0 Å². The second kappa shape index (κ2) is 6.73. The highest BCUT2D eigenvalue weighted by Crippen LogP contribution is 2.28. The Morgan fingerprint density at radius 2 is 2.15 bits per heavy atom. The van der Waals surface area contributed by atoms with Crippen LogP contribution in [0.1, 0.15) is 30.3 Å². The van der Waals surface area contributed by atoms with Gasteiger partial charge in [-0.2, -0.15) is 4.98 Å². The molecule has 0 radical (unpaired) electrons. The van der Waals surface area contributed by atoms with Crippen molar-refractivity contribution in [1.29, 1.82) is 0 Å². The van der Waals surface area contributed by atoms with Crippen molar-refractivity contribution in [2.45, 2.75) is 36.7 Å². The van der Waals surface area contributed by atoms with Gasteiger partial charge in [-0.15, -0.1) is 0 Å². The van der Waals surface area contributed by atoms with Gasteiger partial charge in [-0.25, -0.2) is 13.1 Å². The van der Waals surface area contributed by atoms with Crippen LogP contribution >= 0.6 is 0 Å². The molecular formula is C17H23N5O3S. The number of nitrogens with one attached hydrogen (secondary N) is 2. The minimum atomic E-state index is -3.52. The van der Waals surface area contributed by atoms with Gasteiger partial charge in [0, 0.05) is 31.2 Å². The van der Waals surface area contributed by atoms with E-state index in [1.54, 1.807) is 18.2 Å². The molecule has 1 aromatic heterocycles. The number of hydrogen-bond acceptors (Lipinski definition) is 7. The summed E-state index contributed by atoms with van der Waals surface area (Å²) in [6, 6.07) is 5.11. The van der Waals surface area contributed by atoms with Gasteiger partial charge in [0.25, 0.3) is 5.89 Å². The highest BCUT2D eigenvalue weighted by Gasteiger charge is 2.29. The molecule has 2 fully saturated rings. The van der Waals surface area contributed by atoms with Crippen molar-refractivity contribution in [1.82, 2.24) is 25.1 Å². The molecule has 1 saturated heterocycles. The molecule has 2 aromatic rings. The van der Waals surface area contributed by atoms with E-state index in [4.69, 9.17) is 4.52 Å². The second-order valence-corrected chi connectivity index (χ2v) is 8.74. The zero-order valence-corrected chi connectivity index (χ0v) is 15.7. The third-order valence-corrected chi connectivity index (χ3v) is 6.42. The fourth-order valence-electron chi connectivity index (χ4n) is 3.06. The molecule has 4 rings (SSSR count). The Morgan fingerprint density at radius 1 is 1.35 bits per heavy atom. The van der Waals surface area contributed by atoms with Crippen LogP contribution in [0.2, 0.25) is 0 Å². The van der Waals surface area contributed by atoms with E-state index in [1.807, 2.05) is 14.0 Å². The fourth-order valence-corrected chi connectivity index (χ4v) is 4.39. The van der Waals surface area contributed by atoms with Gasteiger partial charge in [0.05, 0.1) is 10.9 Å². The van der Waals surface area contributed by atoms with Crippen LogP contribution in [0.4, 0.5) is 0 Å². The maximum absolute atomic E-state index is 12.5. The van der Waals surface area contributed by atoms with Gasteiger partial charge in [-0.05, 0) is 44.5 Å². The molecule has 140 valence electrons. The van der Waals surface area contributed by atoms with Crippen LogP contribution in [0.5, 0.6) is 0 Å². The number of aromatic nitrogens is 2. The fraction of sp³-hybridized carbons (Fsp3) is 0.529. The molecule has 1 saturated carbocycles. The van der Waals surface area contributed by atoms with E-state index in [0.29, 0.717) is 17.3 Å². The summed E-state index contributed by atoms with van der Waals surface area (Å²) in [5.41, 5.74) is 1.54. The number of nitrogens with zero attached hydrogens (tertiary/aromatic N) is 3. The summed E-state index contributed by atoms with van der Waals surface area (Å²) in [6.07, 6.45) is 1.79. The first-order valence-corrected chi connectivity index (χ1v) is 10.3. The van der Waals surface area contributed by atoms with Crippen molar-refractivity contribution in [3.8, 4) is 11.5 Å². The molecule has 2 heterocycles. The number of likely N-dealkylation sites (N-methyl/N-ethyl adjacent to an activating group) is 1. The standard InChI is InChI=1S/C17H23N5O3S/c1-11-3-6-13(26(23,24)21-12-4-5-12)9-14(11)17-19-16(20-25-17)15-10-18-7-8-22(15)2/h3,6,9,12,15,18,21H,4-5,7-8,10H2,1-2H3. The lowest BCUT2D eigenvalue weighted by Crippen LogP contribution is -2.44. The summed E-state index contributed by atoms with van der Waals surface area (Å²) in [5.74, 6) is 0.957. The molecule has 1 aromatic carbocycles. The summed E-state index contributed by atoms with van der Waals surface area (Å²) < 4.78 is 33.1. The Morgan fingerprint density at radius 3 is 2.88 bits per heavy atom. The van der Waals surface area contributed by atoms with E-state index in [2.05, 4.69) is 25.1 Å². The molecule has 1 aliphatic heterocycles. The number of hydrogen-bond donors (Lipinski definition) is 2. The molecular weight excluding hydrogens is 354 g/mol. The predicted molar refractivity (Wildman–Crippen MR) is 96.1 cm³/mol. The van der Waals surface area contributed by atoms with E-state index < -0.39 is 10.0 Å². The van der Waals surface area contributed by atoms with Crippen LogP contribution in [-0.4, -0.2) is 56.2 Å². The molecule has 1 atom stereocenters. The third kappa shape index (κ3) is 3.52. The first kappa shape index (κ1) is 17.6. The van der Waals surface area contributed by atoms with Gasteiger partial charge >= 0.3 is 0 Å². The minimum Gasteiger partial charge on any atom is -0.334 e. The smallest absolute Gasteiger partial charge is 0.258 e. The quantitative estimate of drug-likeness (QED) is 0.804. The molecule has 26 heavy (non-hydrogen) atoms. The lowest BCUT2D eigenvalue weighted by Gasteiger charge is -2.30. The van der Waals surface area contributed by atoms with E-state index in [-0.39, 0.29) is 17.0 Å². The van der Waals surface area contributed by atoms with E-state index in [9.17, 15) is 8.42 Å². The van der Waals surface area contributed by atoms with Crippen LogP contribution in [0.15, 0.2) is 27.6 Å². The van der Waals surface area contributed by atoms with Crippen molar-refractivity contribution in [3.63, 3.8) is 0 Å². The van der Waals surface area contributed by atoms with Gasteiger partial charge in [0.1, 0.15) is 0 Å². The average Bonchev–Trinajstić information content (AvgIpc) is 3.27. The Hall–Kier alpha value is -1.81. The van der Waals surface area contributed by atoms with Crippen LogP contribution in [0, 0.1) is 6.92 Å². The van der Waals surface area contributed by atoms with Crippen molar-refractivity contribution in [3.05, 3.63) is 29.6 Å². The maximum Gasteiger partial charge on any atom is 0.258 e. The van der Waals surface area contributed by atoms with Crippen molar-refractivity contribution in [2.75, 3.05) is 26.7 Å². The van der Waals surface area contributed by atoms with Crippen molar-refractivity contribution >= 4 is 10.0 Å². The van der Waals surface area contributed by atoms with E-state index >= 15 is 0 Å². The summed E-state index contributed by atoms with van der Waals surface area (Å²) in [6.45, 7) is 4.51. The van der Waals surface area contributed by atoms with Gasteiger partial charge in [-0.3, -0.25) is 4.90 Å². The lowest BCUT2D eigenvalue weighted by molar-refractivity contribution is 0.190. The number of aryl methyl sites for hydroxylation is 1. The van der Waals surface area contributed by atoms with Gasteiger partial charge < -0.3 is 9.84 Å². The molecule has 2 aliphatic rings. The molecule has 8 nitrogen and oxygen atoms in total. The first-order chi connectivity index (χ1) is 12.4. The third-order valence-electron chi connectivity index (χ3n) is 4.90. The predicted octanol–water partition coefficient (Wildman–Crippen LogP) is 1.06. The Balaban J connectivity index is 1.64. The Bertz CT molecular complexity index is 907. The Labute approximate surface area is 153 Å². The molecule has 2 N–H and O–H groups in total. The van der Waals surface area contributed by atoms with Gasteiger partial charge in [-0.1, -0.05) is 11.2 Å². The number of sulfonamides is 1. The lowest BCUT2D eigenvalue weighted by atomic mass is 10.1. The van der Waals surface area contributed by atoms with Crippen LogP contribution in [0.25, 0.3) is 11.5 Å². The van der Waals surface area contributed by atoms with Crippen molar-refractivity contribution < 1.29 is 12.9 Å². The second-order valence-electron chi connectivity index (χ2n) is 7.03. The van der Waals surface area contributed by atoms with Gasteiger partial charge in [0.15, 0.2) is 5.82 Å². The molecule has 1 aliphatic carbocycles. The van der Waals surface area contributed by atoms with E-state index in [0.717, 1.165) is 38.0 Å². The number of rotatable bonds is 5. The minimum absolute atomic E-state index is 0.0463. The summed E-state index contributed by atoms with van der Waals surface area (Å²) in [4.78, 5) is 6.94. The normalized spacial score (nSPS) is 21.8.